The lowest BCUT2D eigenvalue weighted by Gasteiger charge is -2.06. The van der Waals surface area contributed by atoms with Crippen LogP contribution in [-0.2, 0) is 4.79 Å². The number of nitrogens with one attached hydrogen (secondary N) is 2. The molecule has 0 bridgehead atoms. The second kappa shape index (κ2) is 8.10. The SMILES string of the molecule is COc1ccc2cc(Nc3nc(C(N)=O)c(NC(=O)C=C(C)C)s3)ccc2c1. The van der Waals surface area contributed by atoms with Crippen molar-refractivity contribution in [3.8, 4) is 5.75 Å². The molecule has 28 heavy (non-hydrogen) atoms. The van der Waals surface area contributed by atoms with E-state index in [1.807, 2.05) is 50.2 Å². The van der Waals surface area contributed by atoms with E-state index in [2.05, 4.69) is 15.6 Å². The van der Waals surface area contributed by atoms with E-state index in [9.17, 15) is 9.59 Å². The summed E-state index contributed by atoms with van der Waals surface area (Å²) in [7, 11) is 1.63. The summed E-state index contributed by atoms with van der Waals surface area (Å²) in [5, 5.41) is 8.64. The Balaban J connectivity index is 1.86. The third-order valence-corrected chi connectivity index (χ3v) is 4.70. The molecule has 4 N–H and O–H groups in total. The van der Waals surface area contributed by atoms with Crippen molar-refractivity contribution >= 4 is 49.7 Å². The first kappa shape index (κ1) is 19.4. The van der Waals surface area contributed by atoms with Gasteiger partial charge in [0.1, 0.15) is 10.8 Å². The average Bonchev–Trinajstić information content (AvgIpc) is 3.02. The van der Waals surface area contributed by atoms with E-state index < -0.39 is 5.91 Å². The fourth-order valence-electron chi connectivity index (χ4n) is 2.59. The number of carbonyl (C=O) groups excluding carboxylic acids is 2. The summed E-state index contributed by atoms with van der Waals surface area (Å²) in [6.45, 7) is 3.62. The van der Waals surface area contributed by atoms with E-state index in [-0.39, 0.29) is 11.6 Å². The molecule has 0 radical (unpaired) electrons. The second-order valence-corrected chi connectivity index (χ2v) is 7.32. The highest BCUT2D eigenvalue weighted by Gasteiger charge is 2.17. The normalized spacial score (nSPS) is 10.4. The summed E-state index contributed by atoms with van der Waals surface area (Å²) in [6, 6.07) is 11.6. The molecule has 0 saturated heterocycles. The van der Waals surface area contributed by atoms with Crippen molar-refractivity contribution in [2.24, 2.45) is 5.73 Å². The predicted molar refractivity (Wildman–Crippen MR) is 112 cm³/mol. The Morgan fingerprint density at radius 3 is 2.54 bits per heavy atom. The van der Waals surface area contributed by atoms with Crippen molar-refractivity contribution < 1.29 is 14.3 Å². The number of hydrogen-bond acceptors (Lipinski definition) is 6. The number of aromatic nitrogens is 1. The minimum Gasteiger partial charge on any atom is -0.497 e. The van der Waals surface area contributed by atoms with Gasteiger partial charge in [0.2, 0.25) is 5.91 Å². The van der Waals surface area contributed by atoms with Crippen LogP contribution in [0.25, 0.3) is 10.8 Å². The lowest BCUT2D eigenvalue weighted by atomic mass is 10.1. The second-order valence-electron chi connectivity index (χ2n) is 6.32. The zero-order valence-corrected chi connectivity index (χ0v) is 16.5. The van der Waals surface area contributed by atoms with E-state index in [0.29, 0.717) is 10.1 Å². The Hall–Kier alpha value is -3.39. The topological polar surface area (TPSA) is 106 Å². The van der Waals surface area contributed by atoms with Crippen LogP contribution in [0.4, 0.5) is 15.8 Å². The molecule has 0 atom stereocenters. The van der Waals surface area contributed by atoms with Gasteiger partial charge in [-0.05, 0) is 48.9 Å². The van der Waals surface area contributed by atoms with Gasteiger partial charge in [0.25, 0.3) is 5.91 Å². The fraction of sp³-hybridized carbons (Fsp3) is 0.150. The largest absolute Gasteiger partial charge is 0.497 e. The van der Waals surface area contributed by atoms with Gasteiger partial charge in [-0.2, -0.15) is 0 Å². The number of anilines is 3. The van der Waals surface area contributed by atoms with E-state index in [4.69, 9.17) is 10.5 Å². The number of ether oxygens (including phenoxy) is 1. The molecule has 0 saturated carbocycles. The van der Waals surface area contributed by atoms with E-state index in [1.165, 1.54) is 6.08 Å². The number of nitrogens with zero attached hydrogens (tertiary/aromatic N) is 1. The Kier molecular flexibility index (Phi) is 5.60. The molecule has 0 fully saturated rings. The van der Waals surface area contributed by atoms with Crippen LogP contribution < -0.4 is 21.1 Å². The minimum absolute atomic E-state index is 0.0218. The third-order valence-electron chi connectivity index (χ3n) is 3.82. The highest BCUT2D eigenvalue weighted by atomic mass is 32.1. The molecule has 144 valence electrons. The van der Waals surface area contributed by atoms with Crippen LogP contribution in [0.2, 0.25) is 0 Å². The van der Waals surface area contributed by atoms with Crippen LogP contribution in [0, 0.1) is 0 Å². The monoisotopic (exact) mass is 396 g/mol. The van der Waals surface area contributed by atoms with Crippen molar-refractivity contribution in [1.82, 2.24) is 4.98 Å². The van der Waals surface area contributed by atoms with Crippen molar-refractivity contribution in [3.63, 3.8) is 0 Å². The number of allylic oxidation sites excluding steroid dienone is 1. The summed E-state index contributed by atoms with van der Waals surface area (Å²) in [4.78, 5) is 27.9. The molecule has 2 aromatic carbocycles. The molecule has 2 amide bonds. The van der Waals surface area contributed by atoms with Gasteiger partial charge in [0, 0.05) is 11.8 Å². The standard InChI is InChI=1S/C20H20N4O3S/c1-11(2)8-16(25)23-19-17(18(21)26)24-20(28-19)22-14-6-4-13-10-15(27-3)7-5-12(13)9-14/h4-10H,1-3H3,(H2,21,26)(H,22,24)(H,23,25). The molecule has 3 aromatic rings. The van der Waals surface area contributed by atoms with Crippen LogP contribution >= 0.6 is 11.3 Å². The highest BCUT2D eigenvalue weighted by Crippen LogP contribution is 2.32. The molecular formula is C20H20N4O3S. The van der Waals surface area contributed by atoms with Gasteiger partial charge in [0.15, 0.2) is 10.8 Å². The van der Waals surface area contributed by atoms with Gasteiger partial charge in [-0.1, -0.05) is 29.0 Å². The number of hydrogen-bond donors (Lipinski definition) is 3. The van der Waals surface area contributed by atoms with Gasteiger partial charge in [-0.3, -0.25) is 9.59 Å². The number of fused-ring (bicyclic) bond motifs is 1. The molecule has 3 rings (SSSR count). The number of benzene rings is 2. The number of primary amides is 1. The number of amides is 2. The van der Waals surface area contributed by atoms with Crippen molar-refractivity contribution in [1.29, 1.82) is 0 Å². The van der Waals surface area contributed by atoms with E-state index in [0.717, 1.165) is 39.1 Å². The van der Waals surface area contributed by atoms with Crippen molar-refractivity contribution in [3.05, 3.63) is 53.7 Å². The molecular weight excluding hydrogens is 376 g/mol. The fourth-order valence-corrected chi connectivity index (χ4v) is 3.48. The lowest BCUT2D eigenvalue weighted by Crippen LogP contribution is -2.16. The Bertz CT molecular complexity index is 1080. The molecule has 0 aliphatic heterocycles. The zero-order valence-electron chi connectivity index (χ0n) is 15.7. The summed E-state index contributed by atoms with van der Waals surface area (Å²) < 4.78 is 5.24. The quantitative estimate of drug-likeness (QED) is 0.545. The minimum atomic E-state index is -0.706. The molecule has 8 heteroatoms. The molecule has 7 nitrogen and oxygen atoms in total. The van der Waals surface area contributed by atoms with E-state index in [1.54, 1.807) is 7.11 Å². The number of methoxy groups -OCH3 is 1. The number of carbonyl (C=O) groups is 2. The molecule has 0 aliphatic carbocycles. The average molecular weight is 396 g/mol. The Labute approximate surface area is 166 Å². The van der Waals surface area contributed by atoms with Crippen LogP contribution in [0.5, 0.6) is 5.75 Å². The Morgan fingerprint density at radius 2 is 1.86 bits per heavy atom. The number of thiazole rings is 1. The molecule has 0 unspecified atom stereocenters. The first-order valence-electron chi connectivity index (χ1n) is 8.47. The zero-order chi connectivity index (χ0) is 20.3. The van der Waals surface area contributed by atoms with Crippen LogP contribution in [0.1, 0.15) is 24.3 Å². The van der Waals surface area contributed by atoms with Gasteiger partial charge in [0.05, 0.1) is 7.11 Å². The number of nitrogens with two attached hydrogens (primary N) is 1. The smallest absolute Gasteiger partial charge is 0.270 e. The van der Waals surface area contributed by atoms with Gasteiger partial charge >= 0.3 is 0 Å². The lowest BCUT2D eigenvalue weighted by molar-refractivity contribution is -0.111. The van der Waals surface area contributed by atoms with Crippen molar-refractivity contribution in [2.75, 3.05) is 17.7 Å². The van der Waals surface area contributed by atoms with Crippen LogP contribution in [0.15, 0.2) is 48.0 Å². The van der Waals surface area contributed by atoms with Crippen LogP contribution in [0.3, 0.4) is 0 Å². The van der Waals surface area contributed by atoms with Crippen molar-refractivity contribution in [2.45, 2.75) is 13.8 Å². The molecule has 1 heterocycles. The maximum Gasteiger partial charge on any atom is 0.270 e. The first-order chi connectivity index (χ1) is 13.4. The number of rotatable bonds is 6. The molecule has 0 aliphatic rings. The molecule has 1 aromatic heterocycles. The maximum absolute atomic E-state index is 12.0. The van der Waals surface area contributed by atoms with Gasteiger partial charge in [-0.25, -0.2) is 4.98 Å². The van der Waals surface area contributed by atoms with Gasteiger partial charge < -0.3 is 21.1 Å². The highest BCUT2D eigenvalue weighted by molar-refractivity contribution is 7.20. The summed E-state index contributed by atoms with van der Waals surface area (Å²) in [5.41, 5.74) is 7.06. The summed E-state index contributed by atoms with van der Waals surface area (Å²) >= 11 is 1.15. The summed E-state index contributed by atoms with van der Waals surface area (Å²) in [5.74, 6) is -0.254. The van der Waals surface area contributed by atoms with Gasteiger partial charge in [-0.15, -0.1) is 0 Å². The first-order valence-corrected chi connectivity index (χ1v) is 9.28. The third kappa shape index (κ3) is 4.47. The van der Waals surface area contributed by atoms with Crippen LogP contribution in [-0.4, -0.2) is 23.9 Å². The summed E-state index contributed by atoms with van der Waals surface area (Å²) in [6.07, 6.45) is 1.44. The Morgan fingerprint density at radius 1 is 1.14 bits per heavy atom. The van der Waals surface area contributed by atoms with E-state index >= 15 is 0 Å². The predicted octanol–water partition coefficient (Wildman–Crippen LogP) is 4.05. The molecule has 0 spiro atoms. The maximum atomic E-state index is 12.0.